The molecule has 2 atom stereocenters. The van der Waals surface area contributed by atoms with Crippen LogP contribution in [0.5, 0.6) is 5.75 Å². The Bertz CT molecular complexity index is 410. The van der Waals surface area contributed by atoms with Gasteiger partial charge in [0.05, 0.1) is 0 Å². The fourth-order valence-electron chi connectivity index (χ4n) is 3.46. The summed E-state index contributed by atoms with van der Waals surface area (Å²) in [5.74, 6) is 1.10. The van der Waals surface area contributed by atoms with Gasteiger partial charge in [-0.3, -0.25) is 4.90 Å². The van der Waals surface area contributed by atoms with Gasteiger partial charge >= 0.3 is 0 Å². The first kappa shape index (κ1) is 13.9. The van der Waals surface area contributed by atoms with Gasteiger partial charge in [-0.2, -0.15) is 0 Å². The van der Waals surface area contributed by atoms with Crippen LogP contribution < -0.4 is 10.1 Å². The Morgan fingerprint density at radius 3 is 3.05 bits per heavy atom. The summed E-state index contributed by atoms with van der Waals surface area (Å²) in [7, 11) is 0. The highest BCUT2D eigenvalue weighted by molar-refractivity contribution is 5.37. The maximum absolute atomic E-state index is 6.10. The molecule has 110 valence electrons. The van der Waals surface area contributed by atoms with Gasteiger partial charge in [-0.15, -0.1) is 0 Å². The van der Waals surface area contributed by atoms with E-state index in [0.29, 0.717) is 12.1 Å². The lowest BCUT2D eigenvalue weighted by Crippen LogP contribution is -2.49. The molecule has 2 heterocycles. The summed E-state index contributed by atoms with van der Waals surface area (Å²) in [6.45, 7) is 6.67. The molecule has 3 heteroatoms. The number of ether oxygens (including phenoxy) is 1. The smallest absolute Gasteiger partial charge is 0.123 e. The Morgan fingerprint density at radius 1 is 1.30 bits per heavy atom. The summed E-state index contributed by atoms with van der Waals surface area (Å²) >= 11 is 0. The van der Waals surface area contributed by atoms with Crippen LogP contribution in [0.3, 0.4) is 0 Å². The van der Waals surface area contributed by atoms with Crippen LogP contribution >= 0.6 is 0 Å². The Kier molecular flexibility index (Phi) is 4.58. The molecule has 0 radical (unpaired) electrons. The van der Waals surface area contributed by atoms with Crippen molar-refractivity contribution in [3.63, 3.8) is 0 Å². The average Bonchev–Trinajstić information content (AvgIpc) is 2.88. The first-order valence-electron chi connectivity index (χ1n) is 8.06. The van der Waals surface area contributed by atoms with E-state index in [4.69, 9.17) is 4.74 Å². The highest BCUT2D eigenvalue weighted by Gasteiger charge is 2.29. The average molecular weight is 274 g/mol. The molecular weight excluding hydrogens is 248 g/mol. The van der Waals surface area contributed by atoms with Crippen molar-refractivity contribution in [2.24, 2.45) is 0 Å². The largest absolute Gasteiger partial charge is 0.488 e. The summed E-state index contributed by atoms with van der Waals surface area (Å²) in [6.07, 6.45) is 5.45. The molecule has 3 rings (SSSR count). The number of likely N-dealkylation sites (N-methyl/N-ethyl adjacent to an activating group) is 1. The van der Waals surface area contributed by atoms with E-state index >= 15 is 0 Å². The molecule has 1 fully saturated rings. The minimum atomic E-state index is 0.342. The van der Waals surface area contributed by atoms with Gasteiger partial charge in [0.1, 0.15) is 11.9 Å². The van der Waals surface area contributed by atoms with Gasteiger partial charge in [0, 0.05) is 25.6 Å². The number of piperidine rings is 1. The summed E-state index contributed by atoms with van der Waals surface area (Å²) in [5.41, 5.74) is 1.37. The van der Waals surface area contributed by atoms with Crippen LogP contribution in [0.25, 0.3) is 0 Å². The molecule has 20 heavy (non-hydrogen) atoms. The minimum absolute atomic E-state index is 0.342. The van der Waals surface area contributed by atoms with E-state index in [1.165, 1.54) is 31.4 Å². The lowest BCUT2D eigenvalue weighted by molar-refractivity contribution is 0.0897. The zero-order chi connectivity index (χ0) is 13.8. The van der Waals surface area contributed by atoms with Gasteiger partial charge in [0.2, 0.25) is 0 Å². The molecule has 1 N–H and O–H groups in total. The number of fused-ring (bicyclic) bond motifs is 1. The molecule has 2 aliphatic rings. The number of likely N-dealkylation sites (tertiary alicyclic amines) is 1. The van der Waals surface area contributed by atoms with E-state index < -0.39 is 0 Å². The van der Waals surface area contributed by atoms with Gasteiger partial charge in [-0.1, -0.05) is 31.5 Å². The second-order valence-corrected chi connectivity index (χ2v) is 6.00. The van der Waals surface area contributed by atoms with Crippen LogP contribution in [0.2, 0.25) is 0 Å². The number of para-hydroxylation sites is 1. The van der Waals surface area contributed by atoms with Crippen molar-refractivity contribution in [3.05, 3.63) is 29.8 Å². The van der Waals surface area contributed by atoms with Gasteiger partial charge < -0.3 is 10.1 Å². The molecule has 0 spiro atoms. The normalized spacial score (nSPS) is 26.2. The summed E-state index contributed by atoms with van der Waals surface area (Å²) < 4.78 is 6.10. The zero-order valence-electron chi connectivity index (χ0n) is 12.5. The third kappa shape index (κ3) is 3.15. The SMILES string of the molecule is CCNCC1CCCCN1CC1Cc2ccccc2O1. The summed E-state index contributed by atoms with van der Waals surface area (Å²) in [6, 6.07) is 9.16. The molecule has 3 nitrogen and oxygen atoms in total. The number of benzene rings is 1. The van der Waals surface area contributed by atoms with Gasteiger partial charge in [-0.05, 0) is 37.6 Å². The predicted octanol–water partition coefficient (Wildman–Crippen LogP) is 2.45. The number of rotatable bonds is 5. The van der Waals surface area contributed by atoms with E-state index in [-0.39, 0.29) is 0 Å². The van der Waals surface area contributed by atoms with Crippen molar-refractivity contribution in [2.75, 3.05) is 26.2 Å². The molecule has 2 unspecified atom stereocenters. The number of nitrogens with zero attached hydrogens (tertiary/aromatic N) is 1. The van der Waals surface area contributed by atoms with Crippen LogP contribution in [0.4, 0.5) is 0 Å². The Morgan fingerprint density at radius 2 is 2.20 bits per heavy atom. The van der Waals surface area contributed by atoms with Gasteiger partial charge in [0.15, 0.2) is 0 Å². The van der Waals surface area contributed by atoms with Gasteiger partial charge in [-0.25, -0.2) is 0 Å². The van der Waals surface area contributed by atoms with Crippen LogP contribution in [0.1, 0.15) is 31.7 Å². The first-order chi connectivity index (χ1) is 9.86. The number of hydrogen-bond acceptors (Lipinski definition) is 3. The third-order valence-electron chi connectivity index (χ3n) is 4.53. The Balaban J connectivity index is 1.57. The lowest BCUT2D eigenvalue weighted by Gasteiger charge is -2.37. The van der Waals surface area contributed by atoms with Crippen molar-refractivity contribution >= 4 is 0 Å². The quantitative estimate of drug-likeness (QED) is 0.892. The summed E-state index contributed by atoms with van der Waals surface area (Å²) in [5, 5.41) is 3.51. The second kappa shape index (κ2) is 6.59. The maximum atomic E-state index is 6.10. The van der Waals surface area contributed by atoms with Gasteiger partial charge in [0.25, 0.3) is 0 Å². The second-order valence-electron chi connectivity index (χ2n) is 6.00. The molecule has 0 saturated carbocycles. The van der Waals surface area contributed by atoms with Crippen molar-refractivity contribution in [3.8, 4) is 5.75 Å². The third-order valence-corrected chi connectivity index (χ3v) is 4.53. The molecule has 0 amide bonds. The van der Waals surface area contributed by atoms with Crippen molar-refractivity contribution in [1.82, 2.24) is 10.2 Å². The predicted molar refractivity (Wildman–Crippen MR) is 82.3 cm³/mol. The molecule has 1 aromatic rings. The van der Waals surface area contributed by atoms with E-state index in [2.05, 4.69) is 41.4 Å². The topological polar surface area (TPSA) is 24.5 Å². The minimum Gasteiger partial charge on any atom is -0.488 e. The lowest BCUT2D eigenvalue weighted by atomic mass is 10.0. The van der Waals surface area contributed by atoms with Crippen LogP contribution in [-0.2, 0) is 6.42 Å². The number of nitrogens with one attached hydrogen (secondary N) is 1. The fraction of sp³-hybridized carbons (Fsp3) is 0.647. The Labute approximate surface area is 122 Å². The molecule has 0 aliphatic carbocycles. The maximum Gasteiger partial charge on any atom is 0.123 e. The van der Waals surface area contributed by atoms with Crippen LogP contribution in [-0.4, -0.2) is 43.2 Å². The molecular formula is C17H26N2O. The van der Waals surface area contributed by atoms with Crippen molar-refractivity contribution in [1.29, 1.82) is 0 Å². The highest BCUT2D eigenvalue weighted by Crippen LogP contribution is 2.29. The first-order valence-corrected chi connectivity index (χ1v) is 8.06. The molecule has 2 aliphatic heterocycles. The molecule has 0 bridgehead atoms. The van der Waals surface area contributed by atoms with E-state index in [0.717, 1.165) is 31.8 Å². The molecule has 0 aromatic heterocycles. The highest BCUT2D eigenvalue weighted by atomic mass is 16.5. The van der Waals surface area contributed by atoms with E-state index in [1.54, 1.807) is 0 Å². The number of hydrogen-bond donors (Lipinski definition) is 1. The molecule has 1 saturated heterocycles. The molecule has 1 aromatic carbocycles. The Hall–Kier alpha value is -1.06. The fourth-order valence-corrected chi connectivity index (χ4v) is 3.46. The standard InChI is InChI=1S/C17H26N2O/c1-2-18-12-15-8-5-6-10-19(15)13-16-11-14-7-3-4-9-17(14)20-16/h3-4,7,9,15-16,18H,2,5-6,8,10-13H2,1H3. The van der Waals surface area contributed by atoms with E-state index in [9.17, 15) is 0 Å². The van der Waals surface area contributed by atoms with Crippen LogP contribution in [0, 0.1) is 0 Å². The van der Waals surface area contributed by atoms with Crippen LogP contribution in [0.15, 0.2) is 24.3 Å². The monoisotopic (exact) mass is 274 g/mol. The van der Waals surface area contributed by atoms with E-state index in [1.807, 2.05) is 0 Å². The summed E-state index contributed by atoms with van der Waals surface area (Å²) in [4.78, 5) is 2.64. The van der Waals surface area contributed by atoms with Crippen molar-refractivity contribution in [2.45, 2.75) is 44.8 Å². The zero-order valence-corrected chi connectivity index (χ0v) is 12.5. The van der Waals surface area contributed by atoms with Crippen molar-refractivity contribution < 1.29 is 4.74 Å².